The molecule has 84 valence electrons. The topological polar surface area (TPSA) is 96.0 Å². The summed E-state index contributed by atoms with van der Waals surface area (Å²) in [6.07, 6.45) is -5.49. The van der Waals surface area contributed by atoms with E-state index < -0.39 is 24.0 Å². The molecule has 0 saturated carbocycles. The van der Waals surface area contributed by atoms with Crippen LogP contribution >= 0.6 is 0 Å². The summed E-state index contributed by atoms with van der Waals surface area (Å²) in [7, 11) is 0. The molecule has 0 aliphatic heterocycles. The van der Waals surface area contributed by atoms with Gasteiger partial charge < -0.3 is 11.1 Å². The Morgan fingerprint density at radius 3 is 2.33 bits per heavy atom. The van der Waals surface area contributed by atoms with Crippen LogP contribution in [0.25, 0.3) is 0 Å². The van der Waals surface area contributed by atoms with Gasteiger partial charge in [-0.3, -0.25) is 9.59 Å². The molecule has 0 aromatic rings. The molecule has 0 aliphatic rings. The van der Waals surface area contributed by atoms with Crippen molar-refractivity contribution in [3.05, 3.63) is 0 Å². The average molecular weight is 223 g/mol. The number of primary amides is 1. The van der Waals surface area contributed by atoms with Crippen molar-refractivity contribution >= 4 is 11.8 Å². The Balaban J connectivity index is 4.37. The number of rotatable bonds is 4. The maximum atomic E-state index is 11.8. The first-order valence-electron chi connectivity index (χ1n) is 3.83. The fourth-order valence-electron chi connectivity index (χ4n) is 0.735. The van der Waals surface area contributed by atoms with Gasteiger partial charge in [0.05, 0.1) is 6.07 Å². The van der Waals surface area contributed by atoms with E-state index in [4.69, 9.17) is 11.0 Å². The first kappa shape index (κ1) is 13.2. The van der Waals surface area contributed by atoms with Crippen molar-refractivity contribution in [2.75, 3.05) is 0 Å². The standard InChI is InChI=1S/C7H8F3N3O2/c8-7(9,10)6(15)13-4(5(12)14)2-1-3-11/h4H,1-2H2,(H2,12,14)(H,13,15). The molecule has 0 heterocycles. The maximum absolute atomic E-state index is 11.8. The third-order valence-electron chi connectivity index (χ3n) is 1.45. The lowest BCUT2D eigenvalue weighted by molar-refractivity contribution is -0.174. The van der Waals surface area contributed by atoms with E-state index in [9.17, 15) is 22.8 Å². The van der Waals surface area contributed by atoms with Gasteiger partial charge in [0.1, 0.15) is 6.04 Å². The molecule has 0 bridgehead atoms. The Morgan fingerprint density at radius 1 is 1.47 bits per heavy atom. The molecule has 0 radical (unpaired) electrons. The minimum Gasteiger partial charge on any atom is -0.368 e. The first-order chi connectivity index (χ1) is 6.79. The van der Waals surface area contributed by atoms with E-state index in [-0.39, 0.29) is 12.8 Å². The molecule has 1 unspecified atom stereocenters. The van der Waals surface area contributed by atoms with Crippen molar-refractivity contribution in [1.82, 2.24) is 5.32 Å². The SMILES string of the molecule is N#CCCC(NC(=O)C(F)(F)F)C(N)=O. The highest BCUT2D eigenvalue weighted by molar-refractivity contribution is 5.88. The van der Waals surface area contributed by atoms with E-state index in [0.717, 1.165) is 0 Å². The van der Waals surface area contributed by atoms with Crippen LogP contribution in [-0.4, -0.2) is 24.0 Å². The average Bonchev–Trinajstić information content (AvgIpc) is 2.09. The first-order valence-corrected chi connectivity index (χ1v) is 3.83. The number of halogens is 3. The van der Waals surface area contributed by atoms with Gasteiger partial charge in [0, 0.05) is 6.42 Å². The molecule has 0 aromatic heterocycles. The van der Waals surface area contributed by atoms with E-state index >= 15 is 0 Å². The number of alkyl halides is 3. The smallest absolute Gasteiger partial charge is 0.368 e. The zero-order valence-electron chi connectivity index (χ0n) is 7.47. The molecule has 0 aliphatic carbocycles. The van der Waals surface area contributed by atoms with Crippen molar-refractivity contribution in [1.29, 1.82) is 5.26 Å². The molecule has 3 N–H and O–H groups in total. The van der Waals surface area contributed by atoms with Crippen LogP contribution in [0.4, 0.5) is 13.2 Å². The fourth-order valence-corrected chi connectivity index (χ4v) is 0.735. The molecule has 1 atom stereocenters. The highest BCUT2D eigenvalue weighted by Crippen LogP contribution is 2.14. The molecule has 15 heavy (non-hydrogen) atoms. The summed E-state index contributed by atoms with van der Waals surface area (Å²) in [6.45, 7) is 0. The van der Waals surface area contributed by atoms with Gasteiger partial charge in [-0.05, 0) is 6.42 Å². The van der Waals surface area contributed by atoms with Crippen molar-refractivity contribution in [3.8, 4) is 6.07 Å². The van der Waals surface area contributed by atoms with E-state index in [1.807, 2.05) is 0 Å². The monoisotopic (exact) mass is 223 g/mol. The Kier molecular flexibility index (Phi) is 4.57. The zero-order chi connectivity index (χ0) is 12.1. The number of amides is 2. The van der Waals surface area contributed by atoms with Gasteiger partial charge in [-0.15, -0.1) is 0 Å². The Hall–Kier alpha value is -1.78. The third kappa shape index (κ3) is 4.85. The second-order valence-corrected chi connectivity index (χ2v) is 2.62. The van der Waals surface area contributed by atoms with E-state index in [2.05, 4.69) is 0 Å². The van der Waals surface area contributed by atoms with Gasteiger partial charge >= 0.3 is 12.1 Å². The van der Waals surface area contributed by atoms with Gasteiger partial charge in [0.25, 0.3) is 0 Å². The van der Waals surface area contributed by atoms with Crippen LogP contribution in [0.1, 0.15) is 12.8 Å². The van der Waals surface area contributed by atoms with E-state index in [0.29, 0.717) is 0 Å². The highest BCUT2D eigenvalue weighted by Gasteiger charge is 2.40. The van der Waals surface area contributed by atoms with E-state index in [1.165, 1.54) is 5.32 Å². The van der Waals surface area contributed by atoms with Crippen LogP contribution in [0.15, 0.2) is 0 Å². The molecule has 5 nitrogen and oxygen atoms in total. The Labute approximate surface area is 83.0 Å². The second kappa shape index (κ2) is 5.19. The summed E-state index contributed by atoms with van der Waals surface area (Å²) in [5.74, 6) is -3.35. The lowest BCUT2D eigenvalue weighted by Gasteiger charge is -2.14. The normalized spacial score (nSPS) is 12.7. The number of nitrogens with one attached hydrogen (secondary N) is 1. The maximum Gasteiger partial charge on any atom is 0.471 e. The van der Waals surface area contributed by atoms with Crippen LogP contribution in [0.2, 0.25) is 0 Å². The molecule has 2 amide bonds. The lowest BCUT2D eigenvalue weighted by atomic mass is 10.1. The Bertz CT molecular complexity index is 295. The quantitative estimate of drug-likeness (QED) is 0.692. The number of carbonyl (C=O) groups excluding carboxylic acids is 2. The van der Waals surface area contributed by atoms with E-state index in [1.54, 1.807) is 6.07 Å². The number of nitriles is 1. The fraction of sp³-hybridized carbons (Fsp3) is 0.571. The molecule has 8 heteroatoms. The number of nitrogens with zero attached hydrogens (tertiary/aromatic N) is 1. The summed E-state index contributed by atoms with van der Waals surface area (Å²) < 4.78 is 35.3. The third-order valence-corrected chi connectivity index (χ3v) is 1.45. The summed E-state index contributed by atoms with van der Waals surface area (Å²) in [5, 5.41) is 9.56. The van der Waals surface area contributed by atoms with Crippen molar-refractivity contribution < 1.29 is 22.8 Å². The summed E-state index contributed by atoms with van der Waals surface area (Å²) in [6, 6.07) is 0.151. The number of hydrogen-bond donors (Lipinski definition) is 2. The zero-order valence-corrected chi connectivity index (χ0v) is 7.47. The van der Waals surface area contributed by atoms with Crippen LogP contribution in [-0.2, 0) is 9.59 Å². The van der Waals surface area contributed by atoms with Crippen molar-refractivity contribution in [2.45, 2.75) is 25.1 Å². The number of hydrogen-bond acceptors (Lipinski definition) is 3. The van der Waals surface area contributed by atoms with Crippen LogP contribution in [0, 0.1) is 11.3 Å². The summed E-state index contributed by atoms with van der Waals surface area (Å²) >= 11 is 0. The predicted molar refractivity (Wildman–Crippen MR) is 42.0 cm³/mol. The van der Waals surface area contributed by atoms with Gasteiger partial charge in [0.2, 0.25) is 5.91 Å². The summed E-state index contributed by atoms with van der Waals surface area (Å²) in [5.41, 5.74) is 4.74. The van der Waals surface area contributed by atoms with Crippen molar-refractivity contribution in [3.63, 3.8) is 0 Å². The van der Waals surface area contributed by atoms with Gasteiger partial charge in [0.15, 0.2) is 0 Å². The predicted octanol–water partition coefficient (Wildman–Crippen LogP) is -0.177. The number of nitrogens with two attached hydrogens (primary N) is 1. The van der Waals surface area contributed by atoms with Crippen LogP contribution in [0.3, 0.4) is 0 Å². The second-order valence-electron chi connectivity index (χ2n) is 2.62. The molecule has 0 spiro atoms. The van der Waals surface area contributed by atoms with Gasteiger partial charge in [-0.25, -0.2) is 0 Å². The number of carbonyl (C=O) groups is 2. The molecule has 0 rings (SSSR count). The van der Waals surface area contributed by atoms with Crippen LogP contribution in [0.5, 0.6) is 0 Å². The van der Waals surface area contributed by atoms with Crippen molar-refractivity contribution in [2.24, 2.45) is 5.73 Å². The lowest BCUT2D eigenvalue weighted by Crippen LogP contribution is -2.49. The molecular formula is C7H8F3N3O2. The minimum atomic E-state index is -5.07. The highest BCUT2D eigenvalue weighted by atomic mass is 19.4. The van der Waals surface area contributed by atoms with Gasteiger partial charge in [-0.2, -0.15) is 18.4 Å². The summed E-state index contributed by atoms with van der Waals surface area (Å²) in [4.78, 5) is 21.0. The van der Waals surface area contributed by atoms with Crippen LogP contribution < -0.4 is 11.1 Å². The molecular weight excluding hydrogens is 215 g/mol. The minimum absolute atomic E-state index is 0.175. The molecule has 0 fully saturated rings. The molecule has 0 aromatic carbocycles. The largest absolute Gasteiger partial charge is 0.471 e. The molecule has 0 saturated heterocycles. The Morgan fingerprint density at radius 2 is 2.00 bits per heavy atom. The van der Waals surface area contributed by atoms with Gasteiger partial charge in [-0.1, -0.05) is 0 Å².